The van der Waals surface area contributed by atoms with E-state index in [9.17, 15) is 14.0 Å². The molecule has 1 fully saturated rings. The number of quaternary nitrogens is 2. The summed E-state index contributed by atoms with van der Waals surface area (Å²) in [5, 5.41) is 6.34. The molecule has 154 valence electrons. The third kappa shape index (κ3) is 7.12. The summed E-state index contributed by atoms with van der Waals surface area (Å²) in [6.45, 7) is 4.55. The minimum Gasteiger partial charge on any atom is -0.347 e. The molecule has 0 saturated carbocycles. The second kappa shape index (κ2) is 10.3. The summed E-state index contributed by atoms with van der Waals surface area (Å²) >= 11 is 5.86. The minimum atomic E-state index is -0.373. The van der Waals surface area contributed by atoms with E-state index in [0.717, 1.165) is 31.7 Å². The first-order valence-corrected chi connectivity index (χ1v) is 10.1. The van der Waals surface area contributed by atoms with E-state index < -0.39 is 0 Å². The van der Waals surface area contributed by atoms with Gasteiger partial charge in [-0.05, 0) is 35.9 Å². The molecule has 0 spiro atoms. The summed E-state index contributed by atoms with van der Waals surface area (Å²) in [5.41, 5.74) is 1.48. The predicted octanol–water partition coefficient (Wildman–Crippen LogP) is -0.483. The van der Waals surface area contributed by atoms with Crippen LogP contribution in [0.15, 0.2) is 48.5 Å². The Balaban J connectivity index is 1.34. The van der Waals surface area contributed by atoms with Crippen LogP contribution in [-0.4, -0.2) is 51.1 Å². The van der Waals surface area contributed by atoms with Gasteiger partial charge in [0.25, 0.3) is 11.8 Å². The molecule has 3 rings (SSSR count). The SMILES string of the molecule is O=C(C[NH+]1CC[NH+](CC(=O)Nc2cccc(F)c2)CC1)NCc1ccc(Cl)cc1. The number of carbonyl (C=O) groups is 2. The van der Waals surface area contributed by atoms with E-state index in [4.69, 9.17) is 11.6 Å². The molecule has 0 aliphatic carbocycles. The molecule has 6 nitrogen and oxygen atoms in total. The fourth-order valence-electron chi connectivity index (χ4n) is 3.40. The van der Waals surface area contributed by atoms with Crippen molar-refractivity contribution in [3.8, 4) is 0 Å². The highest BCUT2D eigenvalue weighted by Crippen LogP contribution is 2.09. The van der Waals surface area contributed by atoms with E-state index in [0.29, 0.717) is 30.3 Å². The highest BCUT2D eigenvalue weighted by atomic mass is 35.5. The van der Waals surface area contributed by atoms with E-state index in [2.05, 4.69) is 10.6 Å². The lowest BCUT2D eigenvalue weighted by atomic mass is 10.2. The van der Waals surface area contributed by atoms with Gasteiger partial charge < -0.3 is 20.4 Å². The molecule has 8 heteroatoms. The highest BCUT2D eigenvalue weighted by Gasteiger charge is 2.26. The van der Waals surface area contributed by atoms with Crippen molar-refractivity contribution < 1.29 is 23.8 Å². The van der Waals surface area contributed by atoms with Crippen LogP contribution in [0, 0.1) is 5.82 Å². The molecule has 4 N–H and O–H groups in total. The fraction of sp³-hybridized carbons (Fsp3) is 0.333. The van der Waals surface area contributed by atoms with Crippen LogP contribution in [0.1, 0.15) is 5.56 Å². The number of carbonyl (C=O) groups excluding carboxylic acids is 2. The maximum Gasteiger partial charge on any atom is 0.279 e. The molecule has 0 bridgehead atoms. The third-order valence-corrected chi connectivity index (χ3v) is 5.25. The van der Waals surface area contributed by atoms with Gasteiger partial charge in [-0.25, -0.2) is 4.39 Å². The zero-order valence-electron chi connectivity index (χ0n) is 16.1. The number of benzene rings is 2. The normalized spacial score (nSPS) is 18.8. The zero-order chi connectivity index (χ0) is 20.6. The minimum absolute atomic E-state index is 0.0160. The molecule has 0 atom stereocenters. The molecule has 2 aromatic rings. The van der Waals surface area contributed by atoms with Crippen molar-refractivity contribution >= 4 is 29.1 Å². The lowest BCUT2D eigenvalue weighted by Gasteiger charge is -2.29. The van der Waals surface area contributed by atoms with Gasteiger partial charge in [-0.15, -0.1) is 0 Å². The number of nitrogens with one attached hydrogen (secondary N) is 4. The molecule has 1 aliphatic rings. The number of rotatable bonds is 7. The molecule has 2 amide bonds. The van der Waals surface area contributed by atoms with Crippen LogP contribution >= 0.6 is 11.6 Å². The first-order chi connectivity index (χ1) is 14.0. The monoisotopic (exact) mass is 420 g/mol. The van der Waals surface area contributed by atoms with Crippen LogP contribution in [0.5, 0.6) is 0 Å². The van der Waals surface area contributed by atoms with Crippen molar-refractivity contribution in [2.45, 2.75) is 6.54 Å². The van der Waals surface area contributed by atoms with Crippen molar-refractivity contribution in [1.29, 1.82) is 0 Å². The lowest BCUT2D eigenvalue weighted by Crippen LogP contribution is -3.28. The smallest absolute Gasteiger partial charge is 0.279 e. The van der Waals surface area contributed by atoms with Crippen LogP contribution in [0.4, 0.5) is 10.1 Å². The summed E-state index contributed by atoms with van der Waals surface area (Å²) < 4.78 is 13.2. The fourth-order valence-corrected chi connectivity index (χ4v) is 3.53. The quantitative estimate of drug-likeness (QED) is 0.489. The standard InChI is InChI=1S/C21H24ClFN4O2/c22-17-6-4-16(5-7-17)13-24-20(28)14-26-8-10-27(11-9-26)15-21(29)25-19-3-1-2-18(23)12-19/h1-7,12H,8-11,13-15H2,(H,24,28)(H,25,29)/p+2. The summed E-state index contributed by atoms with van der Waals surface area (Å²) in [7, 11) is 0. The number of amides is 2. The summed E-state index contributed by atoms with van der Waals surface area (Å²) in [5.74, 6) is -0.487. The first kappa shape index (κ1) is 21.2. The Morgan fingerprint density at radius 2 is 1.55 bits per heavy atom. The number of anilines is 1. The average Bonchev–Trinajstić information content (AvgIpc) is 2.69. The van der Waals surface area contributed by atoms with Crippen LogP contribution < -0.4 is 20.4 Å². The Kier molecular flexibility index (Phi) is 7.57. The van der Waals surface area contributed by atoms with Crippen molar-refractivity contribution in [1.82, 2.24) is 5.32 Å². The highest BCUT2D eigenvalue weighted by molar-refractivity contribution is 6.30. The van der Waals surface area contributed by atoms with Crippen LogP contribution in [0.25, 0.3) is 0 Å². The van der Waals surface area contributed by atoms with Crippen LogP contribution in [0.2, 0.25) is 5.02 Å². The largest absolute Gasteiger partial charge is 0.347 e. The van der Waals surface area contributed by atoms with Crippen molar-refractivity contribution in [2.24, 2.45) is 0 Å². The number of piperazine rings is 1. The van der Waals surface area contributed by atoms with E-state index in [1.54, 1.807) is 24.3 Å². The Labute approximate surface area is 174 Å². The molecule has 29 heavy (non-hydrogen) atoms. The van der Waals surface area contributed by atoms with E-state index >= 15 is 0 Å². The number of halogens is 2. The molecular weight excluding hydrogens is 395 g/mol. The topological polar surface area (TPSA) is 67.1 Å². The molecule has 0 aromatic heterocycles. The van der Waals surface area contributed by atoms with E-state index in [-0.39, 0.29) is 17.6 Å². The molecule has 1 aliphatic heterocycles. The van der Waals surface area contributed by atoms with Gasteiger partial charge in [0.05, 0.1) is 0 Å². The van der Waals surface area contributed by atoms with Gasteiger partial charge in [0.15, 0.2) is 13.1 Å². The van der Waals surface area contributed by atoms with E-state index in [1.165, 1.54) is 21.9 Å². The van der Waals surface area contributed by atoms with Crippen LogP contribution in [0.3, 0.4) is 0 Å². The van der Waals surface area contributed by atoms with Gasteiger partial charge in [-0.2, -0.15) is 0 Å². The maximum atomic E-state index is 13.2. The van der Waals surface area contributed by atoms with Gasteiger partial charge in [-0.1, -0.05) is 29.8 Å². The number of hydrogen-bond donors (Lipinski definition) is 4. The second-order valence-corrected chi connectivity index (χ2v) is 7.75. The molecule has 0 radical (unpaired) electrons. The molecule has 2 aromatic carbocycles. The second-order valence-electron chi connectivity index (χ2n) is 7.32. The molecular formula is C21H26ClFN4O2+2. The molecule has 0 unspecified atom stereocenters. The zero-order valence-corrected chi connectivity index (χ0v) is 16.9. The maximum absolute atomic E-state index is 13.2. The van der Waals surface area contributed by atoms with Crippen LogP contribution in [-0.2, 0) is 16.1 Å². The Hall–Kier alpha value is -2.48. The van der Waals surface area contributed by atoms with Gasteiger partial charge in [0.1, 0.15) is 32.0 Å². The Morgan fingerprint density at radius 1 is 0.931 bits per heavy atom. The summed E-state index contributed by atoms with van der Waals surface area (Å²) in [4.78, 5) is 26.7. The summed E-state index contributed by atoms with van der Waals surface area (Å²) in [6, 6.07) is 13.3. The third-order valence-electron chi connectivity index (χ3n) is 5.00. The molecule has 1 saturated heterocycles. The Morgan fingerprint density at radius 3 is 2.17 bits per heavy atom. The number of hydrogen-bond acceptors (Lipinski definition) is 2. The van der Waals surface area contributed by atoms with Crippen molar-refractivity contribution in [2.75, 3.05) is 44.6 Å². The summed E-state index contributed by atoms with van der Waals surface area (Å²) in [6.07, 6.45) is 0. The Bertz CT molecular complexity index is 839. The van der Waals surface area contributed by atoms with Gasteiger partial charge in [0.2, 0.25) is 0 Å². The first-order valence-electron chi connectivity index (χ1n) is 9.71. The lowest BCUT2D eigenvalue weighted by molar-refractivity contribution is -1.00. The predicted molar refractivity (Wildman–Crippen MR) is 109 cm³/mol. The van der Waals surface area contributed by atoms with Gasteiger partial charge in [0, 0.05) is 17.3 Å². The van der Waals surface area contributed by atoms with Gasteiger partial charge >= 0.3 is 0 Å². The van der Waals surface area contributed by atoms with Gasteiger partial charge in [-0.3, -0.25) is 9.59 Å². The average molecular weight is 421 g/mol. The van der Waals surface area contributed by atoms with Crippen molar-refractivity contribution in [3.05, 3.63) is 64.9 Å². The van der Waals surface area contributed by atoms with E-state index in [1.807, 2.05) is 12.1 Å². The molecule has 1 heterocycles. The van der Waals surface area contributed by atoms with Crippen molar-refractivity contribution in [3.63, 3.8) is 0 Å².